The molecule has 1 aromatic carbocycles. The van der Waals surface area contributed by atoms with Crippen molar-refractivity contribution < 1.29 is 9.47 Å². The van der Waals surface area contributed by atoms with Crippen LogP contribution >= 0.6 is 0 Å². The SMILES string of the molecule is C[C@@H]1CN(CCOc2ccc(C#N)cc2)C[C@@H](C)O1. The molecule has 1 aliphatic rings. The van der Waals surface area contributed by atoms with Crippen molar-refractivity contribution in [2.45, 2.75) is 26.1 Å². The molecule has 1 aromatic rings. The van der Waals surface area contributed by atoms with Gasteiger partial charge in [0.15, 0.2) is 0 Å². The van der Waals surface area contributed by atoms with Crippen molar-refractivity contribution in [3.8, 4) is 11.8 Å². The van der Waals surface area contributed by atoms with E-state index in [-0.39, 0.29) is 0 Å². The van der Waals surface area contributed by atoms with Gasteiger partial charge in [0.1, 0.15) is 12.4 Å². The lowest BCUT2D eigenvalue weighted by molar-refractivity contribution is -0.0699. The molecule has 4 heteroatoms. The van der Waals surface area contributed by atoms with E-state index in [9.17, 15) is 0 Å². The van der Waals surface area contributed by atoms with Crippen molar-refractivity contribution >= 4 is 0 Å². The number of nitriles is 1. The van der Waals surface area contributed by atoms with Gasteiger partial charge in [-0.15, -0.1) is 0 Å². The maximum atomic E-state index is 8.72. The van der Waals surface area contributed by atoms with Crippen LogP contribution in [0.2, 0.25) is 0 Å². The number of ether oxygens (including phenoxy) is 2. The lowest BCUT2D eigenvalue weighted by atomic mass is 10.2. The highest BCUT2D eigenvalue weighted by atomic mass is 16.5. The standard InChI is InChI=1S/C15H20N2O2/c1-12-10-17(11-13(2)19-12)7-8-18-15-5-3-14(9-16)4-6-15/h3-6,12-13H,7-8,10-11H2,1-2H3/t12-,13-/m1/s1. The van der Waals surface area contributed by atoms with Crippen molar-refractivity contribution in [3.63, 3.8) is 0 Å². The van der Waals surface area contributed by atoms with Crippen molar-refractivity contribution in [1.29, 1.82) is 5.26 Å². The topological polar surface area (TPSA) is 45.5 Å². The molecule has 0 aromatic heterocycles. The van der Waals surface area contributed by atoms with Gasteiger partial charge in [-0.3, -0.25) is 4.90 Å². The van der Waals surface area contributed by atoms with Crippen LogP contribution < -0.4 is 4.74 Å². The first kappa shape index (κ1) is 13.9. The van der Waals surface area contributed by atoms with Crippen LogP contribution in [-0.4, -0.2) is 43.3 Å². The minimum Gasteiger partial charge on any atom is -0.492 e. The second-order valence-corrected chi connectivity index (χ2v) is 5.00. The molecule has 19 heavy (non-hydrogen) atoms. The first-order valence-electron chi connectivity index (χ1n) is 6.68. The maximum Gasteiger partial charge on any atom is 0.119 e. The summed E-state index contributed by atoms with van der Waals surface area (Å²) < 4.78 is 11.4. The van der Waals surface area contributed by atoms with Gasteiger partial charge in [0.25, 0.3) is 0 Å². The normalized spacial score (nSPS) is 23.8. The largest absolute Gasteiger partial charge is 0.492 e. The van der Waals surface area contributed by atoms with Gasteiger partial charge in [0, 0.05) is 19.6 Å². The van der Waals surface area contributed by atoms with Crippen LogP contribution in [0.3, 0.4) is 0 Å². The molecule has 0 saturated carbocycles. The molecular formula is C15H20N2O2. The minimum absolute atomic E-state index is 0.290. The molecule has 0 bridgehead atoms. The van der Waals surface area contributed by atoms with Gasteiger partial charge in [0.2, 0.25) is 0 Å². The van der Waals surface area contributed by atoms with Crippen molar-refractivity contribution in [2.24, 2.45) is 0 Å². The molecule has 0 unspecified atom stereocenters. The van der Waals surface area contributed by atoms with Crippen molar-refractivity contribution in [2.75, 3.05) is 26.2 Å². The Balaban J connectivity index is 1.75. The number of rotatable bonds is 4. The van der Waals surface area contributed by atoms with Crippen LogP contribution in [-0.2, 0) is 4.74 Å². The molecule has 1 saturated heterocycles. The quantitative estimate of drug-likeness (QED) is 0.831. The van der Waals surface area contributed by atoms with E-state index in [2.05, 4.69) is 24.8 Å². The molecule has 102 valence electrons. The lowest BCUT2D eigenvalue weighted by Gasteiger charge is -2.35. The van der Waals surface area contributed by atoms with Crippen molar-refractivity contribution in [3.05, 3.63) is 29.8 Å². The van der Waals surface area contributed by atoms with E-state index in [4.69, 9.17) is 14.7 Å². The van der Waals surface area contributed by atoms with E-state index in [0.29, 0.717) is 24.4 Å². The first-order chi connectivity index (χ1) is 9.17. The molecule has 0 spiro atoms. The lowest BCUT2D eigenvalue weighted by Crippen LogP contribution is -2.46. The number of nitrogens with zero attached hydrogens (tertiary/aromatic N) is 2. The Kier molecular flexibility index (Phi) is 4.78. The molecule has 2 rings (SSSR count). The van der Waals surface area contributed by atoms with E-state index in [1.807, 2.05) is 12.1 Å². The monoisotopic (exact) mass is 260 g/mol. The fourth-order valence-electron chi connectivity index (χ4n) is 2.39. The number of benzene rings is 1. The predicted octanol–water partition coefficient (Wildman–Crippen LogP) is 2.05. The Labute approximate surface area is 114 Å². The Hall–Kier alpha value is -1.57. The zero-order valence-corrected chi connectivity index (χ0v) is 11.5. The van der Waals surface area contributed by atoms with Crippen molar-refractivity contribution in [1.82, 2.24) is 4.90 Å². The highest BCUT2D eigenvalue weighted by Gasteiger charge is 2.21. The van der Waals surface area contributed by atoms with Gasteiger partial charge in [-0.25, -0.2) is 0 Å². The molecule has 4 nitrogen and oxygen atoms in total. The Morgan fingerprint density at radius 3 is 2.47 bits per heavy atom. The van der Waals surface area contributed by atoms with Gasteiger partial charge >= 0.3 is 0 Å². The summed E-state index contributed by atoms with van der Waals surface area (Å²) in [6.45, 7) is 7.68. The number of morpholine rings is 1. The average Bonchev–Trinajstić information content (AvgIpc) is 2.38. The molecular weight excluding hydrogens is 240 g/mol. The summed E-state index contributed by atoms with van der Waals surface area (Å²) in [4.78, 5) is 2.36. The van der Waals surface area contributed by atoms with E-state index < -0.39 is 0 Å². The molecule has 1 aliphatic heterocycles. The smallest absolute Gasteiger partial charge is 0.119 e. The van der Waals surface area contributed by atoms with Crippen LogP contribution in [0.25, 0.3) is 0 Å². The summed E-state index contributed by atoms with van der Waals surface area (Å²) >= 11 is 0. The van der Waals surface area contributed by atoms with Crippen LogP contribution in [0, 0.1) is 11.3 Å². The molecule has 0 N–H and O–H groups in total. The van der Waals surface area contributed by atoms with Gasteiger partial charge in [0.05, 0.1) is 23.8 Å². The van der Waals surface area contributed by atoms with Gasteiger partial charge in [-0.2, -0.15) is 5.26 Å². The molecule has 0 radical (unpaired) electrons. The van der Waals surface area contributed by atoms with Gasteiger partial charge in [-0.1, -0.05) is 0 Å². The minimum atomic E-state index is 0.290. The number of hydrogen-bond donors (Lipinski definition) is 0. The molecule has 0 aliphatic carbocycles. The molecule has 1 fully saturated rings. The Morgan fingerprint density at radius 1 is 1.26 bits per heavy atom. The fraction of sp³-hybridized carbons (Fsp3) is 0.533. The Bertz CT molecular complexity index is 428. The third kappa shape index (κ3) is 4.23. The Morgan fingerprint density at radius 2 is 1.89 bits per heavy atom. The number of hydrogen-bond acceptors (Lipinski definition) is 4. The summed E-state index contributed by atoms with van der Waals surface area (Å²) in [6.07, 6.45) is 0.581. The van der Waals surface area contributed by atoms with E-state index in [0.717, 1.165) is 25.4 Å². The van der Waals surface area contributed by atoms with E-state index >= 15 is 0 Å². The van der Waals surface area contributed by atoms with Crippen LogP contribution in [0.1, 0.15) is 19.4 Å². The average molecular weight is 260 g/mol. The zero-order valence-electron chi connectivity index (χ0n) is 11.5. The third-order valence-corrected chi connectivity index (χ3v) is 3.15. The predicted molar refractivity (Wildman–Crippen MR) is 73.1 cm³/mol. The molecule has 1 heterocycles. The summed E-state index contributed by atoms with van der Waals surface area (Å²) in [6, 6.07) is 9.31. The highest BCUT2D eigenvalue weighted by molar-refractivity contribution is 5.34. The summed E-state index contributed by atoms with van der Waals surface area (Å²) in [7, 11) is 0. The second-order valence-electron chi connectivity index (χ2n) is 5.00. The van der Waals surface area contributed by atoms with Crippen LogP contribution in [0.15, 0.2) is 24.3 Å². The van der Waals surface area contributed by atoms with E-state index in [1.54, 1.807) is 12.1 Å². The summed E-state index contributed by atoms with van der Waals surface area (Å²) in [5.74, 6) is 0.813. The van der Waals surface area contributed by atoms with E-state index in [1.165, 1.54) is 0 Å². The zero-order chi connectivity index (χ0) is 13.7. The first-order valence-corrected chi connectivity index (χ1v) is 6.68. The second kappa shape index (κ2) is 6.55. The third-order valence-electron chi connectivity index (χ3n) is 3.15. The molecule has 0 amide bonds. The van der Waals surface area contributed by atoms with Crippen LogP contribution in [0.4, 0.5) is 0 Å². The van der Waals surface area contributed by atoms with Gasteiger partial charge in [-0.05, 0) is 38.1 Å². The fourth-order valence-corrected chi connectivity index (χ4v) is 2.39. The van der Waals surface area contributed by atoms with Crippen LogP contribution in [0.5, 0.6) is 5.75 Å². The summed E-state index contributed by atoms with van der Waals surface area (Å²) in [5.41, 5.74) is 0.656. The highest BCUT2D eigenvalue weighted by Crippen LogP contribution is 2.13. The maximum absolute atomic E-state index is 8.72. The molecule has 2 atom stereocenters. The van der Waals surface area contributed by atoms with Gasteiger partial charge < -0.3 is 9.47 Å². The summed E-state index contributed by atoms with van der Waals surface area (Å²) in [5, 5.41) is 8.72.